The van der Waals surface area contributed by atoms with Crippen LogP contribution in [0.3, 0.4) is 0 Å². The van der Waals surface area contributed by atoms with Crippen molar-refractivity contribution < 1.29 is 24.1 Å². The summed E-state index contributed by atoms with van der Waals surface area (Å²) in [7, 11) is 1.39. The van der Waals surface area contributed by atoms with Crippen LogP contribution >= 0.6 is 0 Å². The maximum atomic E-state index is 11.8. The summed E-state index contributed by atoms with van der Waals surface area (Å²) in [6.07, 6.45) is 1.18. The molecule has 0 radical (unpaired) electrons. The SMILES string of the molecule is COc1ccc([N+](=O)[O-])cc1/C=N\NC(=O)COc1ccccc1[N+](=O)[O-]. The molecule has 0 saturated heterocycles. The number of nitro benzene ring substituents is 2. The molecular formula is C16H14N4O7. The fraction of sp³-hybridized carbons (Fsp3) is 0.125. The van der Waals surface area contributed by atoms with Gasteiger partial charge in [0.25, 0.3) is 11.6 Å². The molecule has 2 aromatic rings. The normalized spacial score (nSPS) is 10.4. The number of ether oxygens (including phenoxy) is 2. The number of rotatable bonds is 8. The minimum absolute atomic E-state index is 0.0537. The molecule has 27 heavy (non-hydrogen) atoms. The fourth-order valence-electron chi connectivity index (χ4n) is 2.02. The van der Waals surface area contributed by atoms with Gasteiger partial charge in [-0.2, -0.15) is 5.10 Å². The summed E-state index contributed by atoms with van der Waals surface area (Å²) in [4.78, 5) is 32.2. The number of carbonyl (C=O) groups excluding carboxylic acids is 1. The number of methoxy groups -OCH3 is 1. The van der Waals surface area contributed by atoms with Gasteiger partial charge in [0, 0.05) is 23.8 Å². The molecule has 0 aliphatic rings. The summed E-state index contributed by atoms with van der Waals surface area (Å²) in [5.74, 6) is -0.398. The highest BCUT2D eigenvalue weighted by atomic mass is 16.6. The van der Waals surface area contributed by atoms with E-state index in [4.69, 9.17) is 9.47 Å². The Bertz CT molecular complexity index is 898. The maximum Gasteiger partial charge on any atom is 0.310 e. The number of nitrogens with zero attached hydrogens (tertiary/aromatic N) is 3. The summed E-state index contributed by atoms with van der Waals surface area (Å²) in [6.45, 7) is -0.506. The molecule has 0 aliphatic heterocycles. The second-order valence-electron chi connectivity index (χ2n) is 4.99. The number of nitrogens with one attached hydrogen (secondary N) is 1. The molecule has 0 fully saturated rings. The van der Waals surface area contributed by atoms with Crippen LogP contribution in [0.5, 0.6) is 11.5 Å². The lowest BCUT2D eigenvalue weighted by molar-refractivity contribution is -0.385. The first-order valence-electron chi connectivity index (χ1n) is 7.43. The molecule has 2 aromatic carbocycles. The number of para-hydroxylation sites is 2. The lowest BCUT2D eigenvalue weighted by Crippen LogP contribution is -2.24. The van der Waals surface area contributed by atoms with Crippen LogP contribution in [0.1, 0.15) is 5.56 Å². The zero-order valence-corrected chi connectivity index (χ0v) is 14.0. The van der Waals surface area contributed by atoms with E-state index in [1.54, 1.807) is 0 Å². The third-order valence-electron chi connectivity index (χ3n) is 3.24. The van der Waals surface area contributed by atoms with Gasteiger partial charge in [0.2, 0.25) is 0 Å². The summed E-state index contributed by atoms with van der Waals surface area (Å²) >= 11 is 0. The highest BCUT2D eigenvalue weighted by molar-refractivity contribution is 5.86. The predicted molar refractivity (Wildman–Crippen MR) is 94.0 cm³/mol. The lowest BCUT2D eigenvalue weighted by Gasteiger charge is -2.06. The number of hydrazone groups is 1. The van der Waals surface area contributed by atoms with Crippen LogP contribution in [0.4, 0.5) is 11.4 Å². The van der Waals surface area contributed by atoms with Crippen molar-refractivity contribution in [3.8, 4) is 11.5 Å². The summed E-state index contributed by atoms with van der Waals surface area (Å²) < 4.78 is 10.2. The first-order valence-corrected chi connectivity index (χ1v) is 7.43. The Hall–Kier alpha value is -4.02. The molecule has 1 N–H and O–H groups in total. The molecule has 11 heteroatoms. The first-order chi connectivity index (χ1) is 12.9. The molecule has 0 spiro atoms. The van der Waals surface area contributed by atoms with E-state index in [0.29, 0.717) is 5.75 Å². The van der Waals surface area contributed by atoms with Crippen molar-refractivity contribution in [2.75, 3.05) is 13.7 Å². The van der Waals surface area contributed by atoms with Crippen molar-refractivity contribution in [2.45, 2.75) is 0 Å². The Morgan fingerprint density at radius 1 is 1.15 bits per heavy atom. The molecule has 11 nitrogen and oxygen atoms in total. The van der Waals surface area contributed by atoms with Gasteiger partial charge in [-0.05, 0) is 12.1 Å². The van der Waals surface area contributed by atoms with Crippen molar-refractivity contribution in [3.63, 3.8) is 0 Å². The number of hydrogen-bond donors (Lipinski definition) is 1. The largest absolute Gasteiger partial charge is 0.496 e. The van der Waals surface area contributed by atoms with Gasteiger partial charge < -0.3 is 9.47 Å². The van der Waals surface area contributed by atoms with Crippen LogP contribution < -0.4 is 14.9 Å². The van der Waals surface area contributed by atoms with Crippen molar-refractivity contribution in [1.29, 1.82) is 0 Å². The van der Waals surface area contributed by atoms with Crippen molar-refractivity contribution >= 4 is 23.5 Å². The second kappa shape index (κ2) is 8.89. The number of non-ortho nitro benzene ring substituents is 1. The molecule has 2 rings (SSSR count). The Morgan fingerprint density at radius 2 is 1.89 bits per heavy atom. The smallest absolute Gasteiger partial charge is 0.310 e. The standard InChI is InChI=1S/C16H14N4O7/c1-26-14-7-6-12(19(22)23)8-11(14)9-17-18-16(21)10-27-15-5-3-2-4-13(15)20(24)25/h2-9H,10H2,1H3,(H,18,21)/b17-9-. The molecule has 0 aliphatic carbocycles. The Kier molecular flexibility index (Phi) is 6.36. The second-order valence-corrected chi connectivity index (χ2v) is 4.99. The number of benzene rings is 2. The van der Waals surface area contributed by atoms with E-state index >= 15 is 0 Å². The molecule has 0 saturated carbocycles. The zero-order valence-electron chi connectivity index (χ0n) is 14.0. The monoisotopic (exact) mass is 374 g/mol. The number of hydrogen-bond acceptors (Lipinski definition) is 8. The van der Waals surface area contributed by atoms with Crippen molar-refractivity contribution in [1.82, 2.24) is 5.43 Å². The molecule has 0 atom stereocenters. The molecule has 0 heterocycles. The van der Waals surface area contributed by atoms with Crippen LogP contribution in [0.2, 0.25) is 0 Å². The molecule has 0 aromatic heterocycles. The van der Waals surface area contributed by atoms with Gasteiger partial charge >= 0.3 is 5.69 Å². The minimum Gasteiger partial charge on any atom is -0.496 e. The van der Waals surface area contributed by atoms with E-state index in [1.165, 1.54) is 55.8 Å². The van der Waals surface area contributed by atoms with E-state index in [1.807, 2.05) is 0 Å². The number of nitro groups is 2. The van der Waals surface area contributed by atoms with Gasteiger partial charge in [-0.1, -0.05) is 12.1 Å². The molecular weight excluding hydrogens is 360 g/mol. The molecule has 0 unspecified atom stereocenters. The van der Waals surface area contributed by atoms with Crippen LogP contribution in [0.25, 0.3) is 0 Å². The summed E-state index contributed by atoms with van der Waals surface area (Å²) in [5, 5.41) is 25.4. The minimum atomic E-state index is -0.672. The quantitative estimate of drug-likeness (QED) is 0.422. The van der Waals surface area contributed by atoms with E-state index in [-0.39, 0.29) is 22.7 Å². The maximum absolute atomic E-state index is 11.8. The highest BCUT2D eigenvalue weighted by Crippen LogP contribution is 2.25. The third kappa shape index (κ3) is 5.22. The van der Waals surface area contributed by atoms with Gasteiger partial charge in [-0.15, -0.1) is 0 Å². The average molecular weight is 374 g/mol. The third-order valence-corrected chi connectivity index (χ3v) is 3.24. The van der Waals surface area contributed by atoms with Gasteiger partial charge in [0.15, 0.2) is 12.4 Å². The van der Waals surface area contributed by atoms with Gasteiger partial charge in [-0.25, -0.2) is 5.43 Å². The van der Waals surface area contributed by atoms with Crippen LogP contribution in [-0.2, 0) is 4.79 Å². The van der Waals surface area contributed by atoms with Gasteiger partial charge in [-0.3, -0.25) is 25.0 Å². The summed E-state index contributed by atoms with van der Waals surface area (Å²) in [6, 6.07) is 9.53. The van der Waals surface area contributed by atoms with Crippen LogP contribution in [-0.4, -0.2) is 35.7 Å². The van der Waals surface area contributed by atoms with Crippen LogP contribution in [0, 0.1) is 20.2 Å². The Balaban J connectivity index is 1.99. The molecule has 1 amide bonds. The first kappa shape index (κ1) is 19.3. The summed E-state index contributed by atoms with van der Waals surface area (Å²) in [5.41, 5.74) is 2.01. The lowest BCUT2D eigenvalue weighted by atomic mass is 10.2. The number of carbonyl (C=O) groups is 1. The van der Waals surface area contributed by atoms with E-state index in [9.17, 15) is 25.0 Å². The van der Waals surface area contributed by atoms with E-state index < -0.39 is 22.4 Å². The molecule has 140 valence electrons. The number of amides is 1. The Morgan fingerprint density at radius 3 is 2.56 bits per heavy atom. The van der Waals surface area contributed by atoms with E-state index in [0.717, 1.165) is 0 Å². The highest BCUT2D eigenvalue weighted by Gasteiger charge is 2.15. The Labute approximate surface area is 152 Å². The fourth-order valence-corrected chi connectivity index (χ4v) is 2.02. The average Bonchev–Trinajstić information content (AvgIpc) is 2.66. The molecule has 0 bridgehead atoms. The van der Waals surface area contributed by atoms with Crippen LogP contribution in [0.15, 0.2) is 47.6 Å². The van der Waals surface area contributed by atoms with E-state index in [2.05, 4.69) is 10.5 Å². The zero-order chi connectivity index (χ0) is 19.8. The van der Waals surface area contributed by atoms with Crippen molar-refractivity contribution in [2.24, 2.45) is 5.10 Å². The van der Waals surface area contributed by atoms with Gasteiger partial charge in [0.05, 0.1) is 23.2 Å². The topological polar surface area (TPSA) is 146 Å². The van der Waals surface area contributed by atoms with Gasteiger partial charge in [0.1, 0.15) is 5.75 Å². The predicted octanol–water partition coefficient (Wildman–Crippen LogP) is 2.04. The van der Waals surface area contributed by atoms with Crippen molar-refractivity contribution in [3.05, 3.63) is 68.3 Å².